The van der Waals surface area contributed by atoms with Crippen LogP contribution in [0.4, 0.5) is 17.1 Å². The predicted molar refractivity (Wildman–Crippen MR) is 134 cm³/mol. The number of carbonyl (C=O) groups excluding carboxylic acids is 1. The fourth-order valence-corrected chi connectivity index (χ4v) is 4.43. The molecule has 0 heterocycles. The zero-order valence-electron chi connectivity index (χ0n) is 17.5. The van der Waals surface area contributed by atoms with Crippen molar-refractivity contribution in [3.63, 3.8) is 0 Å². The fourth-order valence-electron chi connectivity index (χ4n) is 3.03. The molecule has 0 spiro atoms. The van der Waals surface area contributed by atoms with Gasteiger partial charge >= 0.3 is 0 Å². The standard InChI is InChI=1S/C22H19ClN4O4S2/c1-13-9-14(2)11-17(10-13)27-33(30,31)18-6-4-16(5-7-18)24-22(32)25-21(28)15-3-8-19(23)20(12-15)26-29/h3-12,27H,1-2H3,(H2,24,25,28,32). The minimum Gasteiger partial charge on any atom is -0.332 e. The van der Waals surface area contributed by atoms with E-state index < -0.39 is 15.9 Å². The molecule has 0 unspecified atom stereocenters. The van der Waals surface area contributed by atoms with E-state index in [0.29, 0.717) is 11.4 Å². The molecule has 3 rings (SSSR count). The number of nitrogens with zero attached hydrogens (tertiary/aromatic N) is 1. The van der Waals surface area contributed by atoms with Gasteiger partial charge in [0.25, 0.3) is 15.9 Å². The number of thiocarbonyl (C=S) groups is 1. The lowest BCUT2D eigenvalue weighted by atomic mass is 10.1. The number of carbonyl (C=O) groups is 1. The number of nitrogens with one attached hydrogen (secondary N) is 3. The number of rotatable bonds is 6. The maximum Gasteiger partial charge on any atom is 0.261 e. The molecule has 0 fully saturated rings. The van der Waals surface area contributed by atoms with Crippen molar-refractivity contribution < 1.29 is 13.2 Å². The summed E-state index contributed by atoms with van der Waals surface area (Å²) in [5.74, 6) is -0.564. The molecule has 170 valence electrons. The summed E-state index contributed by atoms with van der Waals surface area (Å²) in [4.78, 5) is 23.1. The van der Waals surface area contributed by atoms with Crippen molar-refractivity contribution in [2.45, 2.75) is 18.7 Å². The highest BCUT2D eigenvalue weighted by atomic mass is 35.5. The summed E-state index contributed by atoms with van der Waals surface area (Å²) in [6.07, 6.45) is 0. The van der Waals surface area contributed by atoms with Crippen molar-refractivity contribution >= 4 is 61.9 Å². The molecule has 0 aromatic heterocycles. The maximum atomic E-state index is 12.7. The van der Waals surface area contributed by atoms with Gasteiger partial charge < -0.3 is 5.32 Å². The van der Waals surface area contributed by atoms with Crippen LogP contribution in [-0.4, -0.2) is 19.4 Å². The fraction of sp³-hybridized carbons (Fsp3) is 0.0909. The Kier molecular flexibility index (Phi) is 7.42. The summed E-state index contributed by atoms with van der Waals surface area (Å²) >= 11 is 10.9. The van der Waals surface area contributed by atoms with E-state index in [4.69, 9.17) is 23.8 Å². The zero-order chi connectivity index (χ0) is 24.2. The van der Waals surface area contributed by atoms with E-state index in [-0.39, 0.29) is 26.3 Å². The van der Waals surface area contributed by atoms with Crippen LogP contribution in [0.5, 0.6) is 0 Å². The van der Waals surface area contributed by atoms with Crippen LogP contribution in [0, 0.1) is 18.8 Å². The number of anilines is 2. The van der Waals surface area contributed by atoms with Crippen molar-refractivity contribution in [1.82, 2.24) is 5.32 Å². The monoisotopic (exact) mass is 502 g/mol. The first kappa shape index (κ1) is 24.3. The lowest BCUT2D eigenvalue weighted by Gasteiger charge is -2.12. The molecule has 0 radical (unpaired) electrons. The molecule has 0 aliphatic rings. The Morgan fingerprint density at radius 3 is 2.18 bits per heavy atom. The smallest absolute Gasteiger partial charge is 0.261 e. The van der Waals surface area contributed by atoms with Crippen LogP contribution in [0.2, 0.25) is 5.02 Å². The predicted octanol–water partition coefficient (Wildman–Crippen LogP) is 5.28. The zero-order valence-corrected chi connectivity index (χ0v) is 19.9. The van der Waals surface area contributed by atoms with Gasteiger partial charge in [0.1, 0.15) is 5.69 Å². The van der Waals surface area contributed by atoms with Gasteiger partial charge in [0, 0.05) is 16.9 Å². The topological polar surface area (TPSA) is 117 Å². The Hall–Kier alpha value is -3.34. The lowest BCUT2D eigenvalue weighted by molar-refractivity contribution is 0.0977. The molecule has 3 N–H and O–H groups in total. The highest BCUT2D eigenvalue weighted by molar-refractivity contribution is 7.92. The van der Waals surface area contributed by atoms with E-state index in [1.807, 2.05) is 19.9 Å². The van der Waals surface area contributed by atoms with E-state index in [0.717, 1.165) is 11.1 Å². The van der Waals surface area contributed by atoms with E-state index in [1.165, 1.54) is 42.5 Å². The van der Waals surface area contributed by atoms with E-state index >= 15 is 0 Å². The summed E-state index contributed by atoms with van der Waals surface area (Å²) in [5, 5.41) is 8.14. The third kappa shape index (κ3) is 6.35. The number of hydrogen-bond acceptors (Lipinski definition) is 6. The number of benzene rings is 3. The van der Waals surface area contributed by atoms with Crippen LogP contribution in [0.25, 0.3) is 0 Å². The van der Waals surface area contributed by atoms with Crippen LogP contribution in [0.15, 0.2) is 70.7 Å². The maximum absolute atomic E-state index is 12.7. The second-order valence-corrected chi connectivity index (χ2v) is 9.67. The number of halogens is 1. The molecule has 0 aliphatic carbocycles. The molecule has 0 saturated carbocycles. The van der Waals surface area contributed by atoms with Gasteiger partial charge in [0.15, 0.2) is 5.11 Å². The molecule has 0 aliphatic heterocycles. The Morgan fingerprint density at radius 2 is 1.58 bits per heavy atom. The van der Waals surface area contributed by atoms with Gasteiger partial charge in [-0.1, -0.05) is 17.7 Å². The number of sulfonamides is 1. The Balaban J connectivity index is 1.65. The lowest BCUT2D eigenvalue weighted by Crippen LogP contribution is -2.34. The first-order valence-electron chi connectivity index (χ1n) is 9.54. The number of hydrogen-bond donors (Lipinski definition) is 3. The summed E-state index contributed by atoms with van der Waals surface area (Å²) in [7, 11) is -3.78. The van der Waals surface area contributed by atoms with Crippen molar-refractivity contribution in [2.24, 2.45) is 5.18 Å². The molecule has 0 atom stereocenters. The van der Waals surface area contributed by atoms with Crippen LogP contribution < -0.4 is 15.4 Å². The van der Waals surface area contributed by atoms with Crippen LogP contribution in [0.3, 0.4) is 0 Å². The SMILES string of the molecule is Cc1cc(C)cc(NS(=O)(=O)c2ccc(NC(=S)NC(=O)c3ccc(Cl)c(N=O)c3)cc2)c1. The molecule has 0 saturated heterocycles. The Labute approximate surface area is 201 Å². The van der Waals surface area contributed by atoms with E-state index in [9.17, 15) is 18.1 Å². The van der Waals surface area contributed by atoms with Gasteiger partial charge in [-0.3, -0.25) is 14.8 Å². The van der Waals surface area contributed by atoms with Crippen molar-refractivity contribution in [1.29, 1.82) is 0 Å². The molecule has 3 aromatic rings. The molecule has 3 aromatic carbocycles. The number of aryl methyl sites for hydroxylation is 2. The van der Waals surface area contributed by atoms with Crippen LogP contribution in [0.1, 0.15) is 21.5 Å². The molecule has 8 nitrogen and oxygen atoms in total. The minimum atomic E-state index is -3.78. The third-order valence-corrected chi connectivity index (χ3v) is 6.35. The molecular weight excluding hydrogens is 484 g/mol. The van der Waals surface area contributed by atoms with E-state index in [2.05, 4.69) is 20.5 Å². The van der Waals surface area contributed by atoms with Crippen molar-refractivity contribution in [3.8, 4) is 0 Å². The summed E-state index contributed by atoms with van der Waals surface area (Å²) in [6, 6.07) is 15.4. The average molecular weight is 503 g/mol. The summed E-state index contributed by atoms with van der Waals surface area (Å²) < 4.78 is 27.9. The number of amides is 1. The third-order valence-electron chi connectivity index (χ3n) is 4.43. The molecule has 0 bridgehead atoms. The largest absolute Gasteiger partial charge is 0.332 e. The minimum absolute atomic E-state index is 0.0143. The molecule has 1 amide bonds. The van der Waals surface area contributed by atoms with Crippen LogP contribution in [-0.2, 0) is 10.0 Å². The second kappa shape index (κ2) is 10.1. The van der Waals surface area contributed by atoms with Crippen molar-refractivity contribution in [2.75, 3.05) is 10.0 Å². The van der Waals surface area contributed by atoms with Crippen LogP contribution >= 0.6 is 23.8 Å². The van der Waals surface area contributed by atoms with Gasteiger partial charge in [-0.05, 0) is 97.0 Å². The van der Waals surface area contributed by atoms with Crippen molar-refractivity contribution in [3.05, 3.63) is 87.3 Å². The molecule has 11 heteroatoms. The summed E-state index contributed by atoms with van der Waals surface area (Å²) in [5.41, 5.74) is 2.93. The average Bonchev–Trinajstić information content (AvgIpc) is 2.73. The Morgan fingerprint density at radius 1 is 0.939 bits per heavy atom. The normalized spacial score (nSPS) is 10.9. The molecule has 33 heavy (non-hydrogen) atoms. The highest BCUT2D eigenvalue weighted by Crippen LogP contribution is 2.25. The van der Waals surface area contributed by atoms with Gasteiger partial charge in [-0.2, -0.15) is 0 Å². The quantitative estimate of drug-likeness (QED) is 0.312. The first-order valence-corrected chi connectivity index (χ1v) is 11.8. The highest BCUT2D eigenvalue weighted by Gasteiger charge is 2.15. The van der Waals surface area contributed by atoms with Gasteiger partial charge in [-0.15, -0.1) is 4.91 Å². The molecular formula is C22H19ClN4O4S2. The van der Waals surface area contributed by atoms with Gasteiger partial charge in [0.2, 0.25) is 0 Å². The first-order chi connectivity index (χ1) is 15.6. The summed E-state index contributed by atoms with van der Waals surface area (Å²) in [6.45, 7) is 3.77. The van der Waals surface area contributed by atoms with Gasteiger partial charge in [0.05, 0.1) is 9.92 Å². The Bertz CT molecular complexity index is 1320. The van der Waals surface area contributed by atoms with E-state index in [1.54, 1.807) is 12.1 Å². The number of nitroso groups, excluding NO2 is 1. The second-order valence-electron chi connectivity index (χ2n) is 7.17. The van der Waals surface area contributed by atoms with Gasteiger partial charge in [-0.25, -0.2) is 8.42 Å².